The summed E-state index contributed by atoms with van der Waals surface area (Å²) in [5.74, 6) is 1.34. The van der Waals surface area contributed by atoms with E-state index in [2.05, 4.69) is 4.98 Å². The fraction of sp³-hybridized carbons (Fsp3) is 0.231. The van der Waals surface area contributed by atoms with Gasteiger partial charge in [-0.3, -0.25) is 0 Å². The fourth-order valence-electron chi connectivity index (χ4n) is 1.51. The van der Waals surface area contributed by atoms with Crippen LogP contribution < -0.4 is 9.47 Å². The molecule has 0 amide bonds. The van der Waals surface area contributed by atoms with Crippen molar-refractivity contribution in [1.29, 1.82) is 0 Å². The van der Waals surface area contributed by atoms with Crippen molar-refractivity contribution in [2.45, 2.75) is 6.42 Å². The van der Waals surface area contributed by atoms with Crippen LogP contribution in [0.3, 0.4) is 0 Å². The molecule has 2 rings (SSSR count). The number of aromatic amines is 1. The van der Waals surface area contributed by atoms with Crippen molar-refractivity contribution < 1.29 is 13.6 Å². The van der Waals surface area contributed by atoms with Crippen LogP contribution in [0.4, 0.5) is 0 Å². The van der Waals surface area contributed by atoms with Gasteiger partial charge in [0.2, 0.25) is 0 Å². The molecule has 1 heterocycles. The Kier molecular flexibility index (Phi) is 2.19. The molecule has 3 nitrogen and oxygen atoms in total. The third-order valence-electron chi connectivity index (χ3n) is 2.28. The molecule has 0 saturated heterocycles. The lowest BCUT2D eigenvalue weighted by atomic mass is 10.1. The van der Waals surface area contributed by atoms with Crippen LogP contribution in [-0.4, -0.2) is 19.2 Å². The van der Waals surface area contributed by atoms with Crippen LogP contribution in [0.15, 0.2) is 36.5 Å². The Morgan fingerprint density at radius 3 is 2.38 bits per heavy atom. The molecule has 84 valence electrons. The van der Waals surface area contributed by atoms with Gasteiger partial charge < -0.3 is 14.5 Å². The van der Waals surface area contributed by atoms with E-state index in [0.717, 1.165) is 5.56 Å². The first-order chi connectivity index (χ1) is 9.05. The largest absolute Gasteiger partial charge is 0.497 e. The molecule has 0 spiro atoms. The standard InChI is InChI=1S/C13H15NO2/c1-15-12-7-10(8-13(9-12)16-2)6-11-4-3-5-14-11/h3-5,7-9,14H,6H2,1-2H3/i3D,4D,5D. The van der Waals surface area contributed by atoms with Gasteiger partial charge in [0, 0.05) is 24.4 Å². The summed E-state index contributed by atoms with van der Waals surface area (Å²) in [6.45, 7) is 0. The molecule has 0 fully saturated rings. The van der Waals surface area contributed by atoms with E-state index < -0.39 is 0 Å². The van der Waals surface area contributed by atoms with Crippen molar-refractivity contribution in [3.8, 4) is 11.5 Å². The van der Waals surface area contributed by atoms with Gasteiger partial charge in [-0.25, -0.2) is 0 Å². The van der Waals surface area contributed by atoms with E-state index in [1.165, 1.54) is 0 Å². The summed E-state index contributed by atoms with van der Waals surface area (Å²) >= 11 is 0. The lowest BCUT2D eigenvalue weighted by Crippen LogP contribution is -1.93. The molecule has 1 N–H and O–H groups in total. The molecule has 0 aliphatic carbocycles. The summed E-state index contributed by atoms with van der Waals surface area (Å²) in [6.07, 6.45) is 0.395. The predicted molar refractivity (Wildman–Crippen MR) is 63.1 cm³/mol. The molecule has 1 aromatic heterocycles. The number of ether oxygens (including phenoxy) is 2. The van der Waals surface area contributed by atoms with Crippen LogP contribution in [0.5, 0.6) is 11.5 Å². The number of aromatic nitrogens is 1. The topological polar surface area (TPSA) is 34.2 Å². The number of hydrogen-bond donors (Lipinski definition) is 1. The maximum Gasteiger partial charge on any atom is 0.122 e. The third kappa shape index (κ3) is 2.37. The molecule has 0 aliphatic rings. The monoisotopic (exact) mass is 220 g/mol. The SMILES string of the molecule is [2H]c1[nH]c(Cc2cc(OC)cc(OC)c2)c([2H])c1[2H]. The molecule has 3 heteroatoms. The van der Waals surface area contributed by atoms with Crippen LogP contribution in [0.25, 0.3) is 0 Å². The highest BCUT2D eigenvalue weighted by Crippen LogP contribution is 2.23. The first-order valence-electron chi connectivity index (χ1n) is 6.41. The Morgan fingerprint density at radius 1 is 1.19 bits per heavy atom. The van der Waals surface area contributed by atoms with Crippen LogP contribution >= 0.6 is 0 Å². The molecule has 0 unspecified atom stereocenters. The Balaban J connectivity index is 2.34. The Morgan fingerprint density at radius 2 is 1.88 bits per heavy atom. The molecule has 0 atom stereocenters. The van der Waals surface area contributed by atoms with E-state index in [0.29, 0.717) is 23.6 Å². The van der Waals surface area contributed by atoms with E-state index in [1.807, 2.05) is 12.1 Å². The zero-order chi connectivity index (χ0) is 14.0. The van der Waals surface area contributed by atoms with Crippen molar-refractivity contribution in [1.82, 2.24) is 4.98 Å². The zero-order valence-corrected chi connectivity index (χ0v) is 9.26. The Bertz CT molecular complexity index is 574. The smallest absolute Gasteiger partial charge is 0.122 e. The van der Waals surface area contributed by atoms with Gasteiger partial charge in [0.05, 0.1) is 18.3 Å². The molecule has 0 radical (unpaired) electrons. The van der Waals surface area contributed by atoms with Crippen molar-refractivity contribution in [3.05, 3.63) is 47.7 Å². The third-order valence-corrected chi connectivity index (χ3v) is 2.28. The summed E-state index contributed by atoms with van der Waals surface area (Å²) < 4.78 is 33.2. The average molecular weight is 220 g/mol. The molecule has 1 aromatic carbocycles. The second-order valence-corrected chi connectivity index (χ2v) is 3.38. The van der Waals surface area contributed by atoms with Gasteiger partial charge >= 0.3 is 0 Å². The maximum atomic E-state index is 7.76. The van der Waals surface area contributed by atoms with Crippen molar-refractivity contribution in [2.24, 2.45) is 0 Å². The number of hydrogen-bond acceptors (Lipinski definition) is 2. The molecule has 2 aromatic rings. The van der Waals surface area contributed by atoms with Crippen molar-refractivity contribution in [3.63, 3.8) is 0 Å². The van der Waals surface area contributed by atoms with E-state index in [-0.39, 0.29) is 18.3 Å². The van der Waals surface area contributed by atoms with Gasteiger partial charge in [-0.2, -0.15) is 0 Å². The molecule has 0 saturated carbocycles. The minimum Gasteiger partial charge on any atom is -0.497 e. The molecular weight excluding hydrogens is 202 g/mol. The Hall–Kier alpha value is -1.90. The average Bonchev–Trinajstić information content (AvgIpc) is 2.65. The van der Waals surface area contributed by atoms with Gasteiger partial charge in [0.15, 0.2) is 0 Å². The van der Waals surface area contributed by atoms with E-state index in [4.69, 9.17) is 13.6 Å². The quantitative estimate of drug-likeness (QED) is 0.859. The van der Waals surface area contributed by atoms with E-state index >= 15 is 0 Å². The highest BCUT2D eigenvalue weighted by molar-refractivity contribution is 5.39. The minimum atomic E-state index is -0.0788. The summed E-state index contributed by atoms with van der Waals surface area (Å²) in [5.41, 5.74) is 1.44. The first-order valence-corrected chi connectivity index (χ1v) is 4.91. The lowest BCUT2D eigenvalue weighted by Gasteiger charge is -2.07. The van der Waals surface area contributed by atoms with Crippen LogP contribution in [0, 0.1) is 0 Å². The second kappa shape index (κ2) is 4.75. The summed E-state index contributed by atoms with van der Waals surface area (Å²) in [6, 6.07) is 5.44. The minimum absolute atomic E-state index is 0.0325. The zero-order valence-electron chi connectivity index (χ0n) is 12.3. The van der Waals surface area contributed by atoms with Crippen LogP contribution in [0.1, 0.15) is 15.4 Å². The number of nitrogens with one attached hydrogen (secondary N) is 1. The van der Waals surface area contributed by atoms with Gasteiger partial charge in [0.25, 0.3) is 0 Å². The lowest BCUT2D eigenvalue weighted by molar-refractivity contribution is 0.393. The maximum absolute atomic E-state index is 7.76. The second-order valence-electron chi connectivity index (χ2n) is 3.38. The first kappa shape index (κ1) is 7.39. The molecule has 0 aliphatic heterocycles. The summed E-state index contributed by atoms with van der Waals surface area (Å²) in [5, 5.41) is 0. The highest BCUT2D eigenvalue weighted by Gasteiger charge is 2.03. The van der Waals surface area contributed by atoms with Gasteiger partial charge in [-0.15, -0.1) is 0 Å². The van der Waals surface area contributed by atoms with Crippen molar-refractivity contribution in [2.75, 3.05) is 14.2 Å². The number of H-pyrrole nitrogens is 1. The Labute approximate surface area is 99.2 Å². The highest BCUT2D eigenvalue weighted by atomic mass is 16.5. The predicted octanol–water partition coefficient (Wildman–Crippen LogP) is 2.62. The summed E-state index contributed by atoms with van der Waals surface area (Å²) in [4.78, 5) is 2.75. The van der Waals surface area contributed by atoms with Gasteiger partial charge in [-0.05, 0) is 29.8 Å². The van der Waals surface area contributed by atoms with Gasteiger partial charge in [-0.1, -0.05) is 0 Å². The number of benzene rings is 1. The van der Waals surface area contributed by atoms with E-state index in [1.54, 1.807) is 20.3 Å². The van der Waals surface area contributed by atoms with Crippen molar-refractivity contribution >= 4 is 0 Å². The number of rotatable bonds is 4. The fourth-order valence-corrected chi connectivity index (χ4v) is 1.51. The van der Waals surface area contributed by atoms with E-state index in [9.17, 15) is 0 Å². The summed E-state index contributed by atoms with van der Waals surface area (Å²) in [7, 11) is 3.15. The van der Waals surface area contributed by atoms with Crippen LogP contribution in [-0.2, 0) is 6.42 Å². The molecular formula is C13H15NO2. The normalized spacial score (nSPS) is 12.8. The van der Waals surface area contributed by atoms with Crippen LogP contribution in [0.2, 0.25) is 0 Å². The molecule has 16 heavy (non-hydrogen) atoms. The van der Waals surface area contributed by atoms with Gasteiger partial charge in [0.1, 0.15) is 11.5 Å². The number of methoxy groups -OCH3 is 2. The molecule has 0 bridgehead atoms.